The van der Waals surface area contributed by atoms with Crippen molar-refractivity contribution in [3.8, 4) is 11.5 Å². The molecule has 1 aromatic carbocycles. The molecule has 0 fully saturated rings. The molecule has 0 radical (unpaired) electrons. The van der Waals surface area contributed by atoms with Crippen LogP contribution < -0.4 is 5.63 Å². The van der Waals surface area contributed by atoms with Gasteiger partial charge in [0, 0.05) is 0 Å². The van der Waals surface area contributed by atoms with E-state index in [1.807, 2.05) is 26.0 Å². The van der Waals surface area contributed by atoms with Crippen LogP contribution in [0, 0.1) is 0 Å². The summed E-state index contributed by atoms with van der Waals surface area (Å²) in [5, 5.41) is 0.969. The van der Waals surface area contributed by atoms with E-state index in [9.17, 15) is 4.79 Å². The van der Waals surface area contributed by atoms with Crippen molar-refractivity contribution in [2.45, 2.75) is 19.8 Å². The fraction of sp³-hybridized carbons (Fsp3) is 0.214. The molecular formula is C14H11ClN2O2S. The Kier molecular flexibility index (Phi) is 3.31. The second-order valence-corrected chi connectivity index (χ2v) is 5.85. The molecule has 4 nitrogen and oxygen atoms in total. The average molecular weight is 307 g/mol. The maximum Gasteiger partial charge on any atom is 0.349 e. The Morgan fingerprint density at radius 3 is 2.75 bits per heavy atom. The van der Waals surface area contributed by atoms with Gasteiger partial charge in [0.1, 0.15) is 5.39 Å². The lowest BCUT2D eigenvalue weighted by molar-refractivity contribution is 0.518. The van der Waals surface area contributed by atoms with E-state index in [-0.39, 0.29) is 11.8 Å². The van der Waals surface area contributed by atoms with Crippen molar-refractivity contribution in [3.05, 3.63) is 45.4 Å². The van der Waals surface area contributed by atoms with Gasteiger partial charge in [0.15, 0.2) is 4.83 Å². The minimum absolute atomic E-state index is 0.152. The predicted molar refractivity (Wildman–Crippen MR) is 80.5 cm³/mol. The van der Waals surface area contributed by atoms with Crippen LogP contribution in [0.25, 0.3) is 21.7 Å². The van der Waals surface area contributed by atoms with Crippen molar-refractivity contribution in [3.63, 3.8) is 0 Å². The number of benzene rings is 1. The highest BCUT2D eigenvalue weighted by Crippen LogP contribution is 2.29. The van der Waals surface area contributed by atoms with Crippen LogP contribution in [0.4, 0.5) is 0 Å². The van der Waals surface area contributed by atoms with Gasteiger partial charge in [-0.2, -0.15) is 9.36 Å². The largest absolute Gasteiger partial charge is 0.403 e. The van der Waals surface area contributed by atoms with Crippen LogP contribution in [0.2, 0.25) is 5.02 Å². The normalized spacial score (nSPS) is 11.4. The molecule has 20 heavy (non-hydrogen) atoms. The molecule has 102 valence electrons. The van der Waals surface area contributed by atoms with Crippen LogP contribution >= 0.6 is 23.1 Å². The van der Waals surface area contributed by atoms with E-state index in [2.05, 4.69) is 9.36 Å². The zero-order chi connectivity index (χ0) is 14.3. The Bertz CT molecular complexity index is 839. The average Bonchev–Trinajstić information content (AvgIpc) is 2.83. The first kappa shape index (κ1) is 13.3. The van der Waals surface area contributed by atoms with Crippen molar-refractivity contribution in [2.24, 2.45) is 0 Å². The van der Waals surface area contributed by atoms with E-state index in [1.54, 1.807) is 12.1 Å². The van der Waals surface area contributed by atoms with Gasteiger partial charge in [-0.15, -0.1) is 0 Å². The van der Waals surface area contributed by atoms with E-state index in [1.165, 1.54) is 11.5 Å². The lowest BCUT2D eigenvalue weighted by Gasteiger charge is -2.02. The lowest BCUT2D eigenvalue weighted by atomic mass is 10.1. The van der Waals surface area contributed by atoms with Crippen LogP contribution in [-0.2, 0) is 0 Å². The standard InChI is InChI=1S/C14H11ClN2O2S/c1-7(2)11-10-13(20-17-11)16-12(19-14(10)18)8-5-3-4-6-9(8)15/h3-7H,1-2H3. The molecule has 2 aromatic heterocycles. The summed E-state index contributed by atoms with van der Waals surface area (Å²) in [6.07, 6.45) is 0. The van der Waals surface area contributed by atoms with Crippen molar-refractivity contribution < 1.29 is 4.42 Å². The first-order chi connectivity index (χ1) is 9.58. The van der Waals surface area contributed by atoms with Crippen LogP contribution in [-0.4, -0.2) is 9.36 Å². The zero-order valence-corrected chi connectivity index (χ0v) is 12.5. The molecule has 6 heteroatoms. The topological polar surface area (TPSA) is 56.0 Å². The molecule has 0 saturated carbocycles. The van der Waals surface area contributed by atoms with Gasteiger partial charge in [-0.25, -0.2) is 4.79 Å². The first-order valence-electron chi connectivity index (χ1n) is 6.13. The summed E-state index contributed by atoms with van der Waals surface area (Å²) >= 11 is 7.31. The maximum absolute atomic E-state index is 12.2. The summed E-state index contributed by atoms with van der Waals surface area (Å²) in [5.41, 5.74) is 0.923. The molecule has 0 amide bonds. The Hall–Kier alpha value is -1.72. The molecule has 0 bridgehead atoms. The predicted octanol–water partition coefficient (Wildman–Crippen LogP) is 4.09. The second kappa shape index (κ2) is 5.00. The van der Waals surface area contributed by atoms with Gasteiger partial charge in [-0.3, -0.25) is 0 Å². The van der Waals surface area contributed by atoms with Gasteiger partial charge in [-0.1, -0.05) is 37.6 Å². The minimum atomic E-state index is -0.414. The summed E-state index contributed by atoms with van der Waals surface area (Å²) < 4.78 is 9.62. The molecule has 0 aliphatic rings. The second-order valence-electron chi connectivity index (χ2n) is 4.69. The van der Waals surface area contributed by atoms with E-state index in [4.69, 9.17) is 16.0 Å². The molecule has 2 heterocycles. The van der Waals surface area contributed by atoms with Crippen LogP contribution in [0.15, 0.2) is 33.5 Å². The third-order valence-electron chi connectivity index (χ3n) is 2.95. The number of fused-ring (bicyclic) bond motifs is 1. The number of halogens is 1. The highest BCUT2D eigenvalue weighted by molar-refractivity contribution is 7.12. The molecule has 0 spiro atoms. The Morgan fingerprint density at radius 2 is 2.05 bits per heavy atom. The van der Waals surface area contributed by atoms with Gasteiger partial charge in [-0.05, 0) is 29.6 Å². The molecule has 0 atom stereocenters. The minimum Gasteiger partial charge on any atom is -0.403 e. The first-order valence-corrected chi connectivity index (χ1v) is 7.28. The van der Waals surface area contributed by atoms with Crippen molar-refractivity contribution >= 4 is 33.4 Å². The maximum atomic E-state index is 12.2. The SMILES string of the molecule is CC(C)c1nsc2nc(-c3ccccc3Cl)oc(=O)c12. The molecule has 0 unspecified atom stereocenters. The highest BCUT2D eigenvalue weighted by atomic mass is 35.5. The number of hydrogen-bond donors (Lipinski definition) is 0. The summed E-state index contributed by atoms with van der Waals surface area (Å²) in [6, 6.07) is 7.13. The summed E-state index contributed by atoms with van der Waals surface area (Å²) in [6.45, 7) is 3.96. The third-order valence-corrected chi connectivity index (χ3v) is 4.03. The number of rotatable bonds is 2. The molecular weight excluding hydrogens is 296 g/mol. The van der Waals surface area contributed by atoms with E-state index >= 15 is 0 Å². The fourth-order valence-electron chi connectivity index (χ4n) is 1.96. The van der Waals surface area contributed by atoms with Crippen molar-refractivity contribution in [1.82, 2.24) is 9.36 Å². The Morgan fingerprint density at radius 1 is 1.30 bits per heavy atom. The number of hydrogen-bond acceptors (Lipinski definition) is 5. The summed E-state index contributed by atoms with van der Waals surface area (Å²) in [7, 11) is 0. The van der Waals surface area contributed by atoms with Gasteiger partial charge in [0.05, 0.1) is 16.3 Å². The monoisotopic (exact) mass is 306 g/mol. The number of aromatic nitrogens is 2. The van der Waals surface area contributed by atoms with Crippen LogP contribution in [0.1, 0.15) is 25.5 Å². The molecule has 0 N–H and O–H groups in total. The fourth-order valence-corrected chi connectivity index (χ4v) is 3.07. The zero-order valence-electron chi connectivity index (χ0n) is 10.9. The van der Waals surface area contributed by atoms with Gasteiger partial charge < -0.3 is 4.42 Å². The van der Waals surface area contributed by atoms with E-state index < -0.39 is 5.63 Å². The molecule has 0 aliphatic heterocycles. The summed E-state index contributed by atoms with van der Waals surface area (Å²) in [5.74, 6) is 0.381. The van der Waals surface area contributed by atoms with Gasteiger partial charge >= 0.3 is 5.63 Å². The molecule has 3 rings (SSSR count). The van der Waals surface area contributed by atoms with E-state index in [0.717, 1.165) is 5.69 Å². The molecule has 0 aliphatic carbocycles. The summed E-state index contributed by atoms with van der Waals surface area (Å²) in [4.78, 5) is 17.1. The smallest absolute Gasteiger partial charge is 0.349 e. The molecule has 0 saturated heterocycles. The Labute approximate surface area is 124 Å². The Balaban J connectivity index is 2.27. The third kappa shape index (κ3) is 2.13. The van der Waals surface area contributed by atoms with Crippen molar-refractivity contribution in [2.75, 3.05) is 0 Å². The van der Waals surface area contributed by atoms with Gasteiger partial charge in [0.25, 0.3) is 0 Å². The van der Waals surface area contributed by atoms with Crippen molar-refractivity contribution in [1.29, 1.82) is 0 Å². The van der Waals surface area contributed by atoms with E-state index in [0.29, 0.717) is 20.8 Å². The van der Waals surface area contributed by atoms with Gasteiger partial charge in [0.2, 0.25) is 5.89 Å². The molecule has 3 aromatic rings. The van der Waals surface area contributed by atoms with Crippen LogP contribution in [0.5, 0.6) is 0 Å². The van der Waals surface area contributed by atoms with Crippen LogP contribution in [0.3, 0.4) is 0 Å². The number of nitrogens with zero attached hydrogens (tertiary/aromatic N) is 2. The highest BCUT2D eigenvalue weighted by Gasteiger charge is 2.18. The lowest BCUT2D eigenvalue weighted by Crippen LogP contribution is -2.04. The quantitative estimate of drug-likeness (QED) is 0.715.